The van der Waals surface area contributed by atoms with Crippen LogP contribution in [0.3, 0.4) is 0 Å². The van der Waals surface area contributed by atoms with Crippen molar-refractivity contribution in [2.24, 2.45) is 17.6 Å². The van der Waals surface area contributed by atoms with Gasteiger partial charge >= 0.3 is 0 Å². The van der Waals surface area contributed by atoms with E-state index in [1.807, 2.05) is 4.68 Å². The van der Waals surface area contributed by atoms with Gasteiger partial charge in [-0.05, 0) is 37.6 Å². The van der Waals surface area contributed by atoms with E-state index in [-0.39, 0.29) is 6.04 Å². The van der Waals surface area contributed by atoms with E-state index in [1.54, 1.807) is 6.20 Å². The SMILES string of the molecule is CCC1CCC(CN)C(n2cc(S(C)(=O)=O)cn2)C1. The van der Waals surface area contributed by atoms with Crippen molar-refractivity contribution < 1.29 is 8.42 Å². The number of sulfone groups is 1. The lowest BCUT2D eigenvalue weighted by molar-refractivity contribution is 0.173. The lowest BCUT2D eigenvalue weighted by Gasteiger charge is -2.35. The Morgan fingerprint density at radius 2 is 2.21 bits per heavy atom. The highest BCUT2D eigenvalue weighted by Gasteiger charge is 2.31. The topological polar surface area (TPSA) is 78.0 Å². The van der Waals surface area contributed by atoms with Crippen molar-refractivity contribution in [2.45, 2.75) is 43.5 Å². The molecule has 1 aliphatic carbocycles. The van der Waals surface area contributed by atoms with Gasteiger partial charge in [-0.15, -0.1) is 0 Å². The molecule has 6 heteroatoms. The third-order valence-electron chi connectivity index (χ3n) is 4.29. The first-order valence-corrected chi connectivity index (χ1v) is 8.79. The summed E-state index contributed by atoms with van der Waals surface area (Å²) in [6.07, 6.45) is 8.84. The number of nitrogens with zero attached hydrogens (tertiary/aromatic N) is 2. The molecular weight excluding hydrogens is 262 g/mol. The maximum Gasteiger partial charge on any atom is 0.178 e. The van der Waals surface area contributed by atoms with Crippen molar-refractivity contribution in [1.29, 1.82) is 0 Å². The number of hydrogen-bond donors (Lipinski definition) is 1. The number of hydrogen-bond acceptors (Lipinski definition) is 4. The summed E-state index contributed by atoms with van der Waals surface area (Å²) in [7, 11) is -3.18. The number of nitrogens with two attached hydrogens (primary N) is 1. The summed E-state index contributed by atoms with van der Waals surface area (Å²) in [6, 6.07) is 0.235. The standard InChI is InChI=1S/C13H23N3O2S/c1-3-10-4-5-11(7-14)13(6-10)16-9-12(8-15-16)19(2,17)18/h8-11,13H,3-7,14H2,1-2H3. The smallest absolute Gasteiger partial charge is 0.178 e. The fourth-order valence-electron chi connectivity index (χ4n) is 2.96. The van der Waals surface area contributed by atoms with Crippen molar-refractivity contribution in [3.05, 3.63) is 12.4 Å². The van der Waals surface area contributed by atoms with Crippen LogP contribution in [0.2, 0.25) is 0 Å². The zero-order valence-corrected chi connectivity index (χ0v) is 12.4. The van der Waals surface area contributed by atoms with Crippen LogP contribution in [0.25, 0.3) is 0 Å². The minimum absolute atomic E-state index is 0.235. The first-order chi connectivity index (χ1) is 8.95. The van der Waals surface area contributed by atoms with Crippen LogP contribution in [0, 0.1) is 11.8 Å². The second-order valence-electron chi connectivity index (χ2n) is 5.58. The van der Waals surface area contributed by atoms with E-state index in [9.17, 15) is 8.42 Å². The molecule has 3 unspecified atom stereocenters. The Kier molecular flexibility index (Phi) is 4.30. The molecule has 0 spiro atoms. The molecule has 0 amide bonds. The van der Waals surface area contributed by atoms with Crippen molar-refractivity contribution in [3.8, 4) is 0 Å². The van der Waals surface area contributed by atoms with E-state index in [1.165, 1.54) is 18.9 Å². The molecule has 1 heterocycles. The molecule has 19 heavy (non-hydrogen) atoms. The normalized spacial score (nSPS) is 28.5. The van der Waals surface area contributed by atoms with Gasteiger partial charge < -0.3 is 5.73 Å². The van der Waals surface area contributed by atoms with Gasteiger partial charge in [-0.1, -0.05) is 13.3 Å². The van der Waals surface area contributed by atoms with E-state index in [0.717, 1.165) is 19.3 Å². The predicted octanol–water partition coefficient (Wildman–Crippen LogP) is 1.61. The summed E-state index contributed by atoms with van der Waals surface area (Å²) in [5, 5.41) is 4.26. The van der Waals surface area contributed by atoms with Gasteiger partial charge in [-0.25, -0.2) is 8.42 Å². The lowest BCUT2D eigenvalue weighted by atomic mass is 9.77. The Bertz CT molecular complexity index is 524. The lowest BCUT2D eigenvalue weighted by Crippen LogP contribution is -2.32. The van der Waals surface area contributed by atoms with Crippen LogP contribution in [0.1, 0.15) is 38.6 Å². The van der Waals surface area contributed by atoms with Crippen LogP contribution in [0.5, 0.6) is 0 Å². The molecule has 0 bridgehead atoms. The molecule has 2 rings (SSSR count). The highest BCUT2D eigenvalue weighted by molar-refractivity contribution is 7.90. The fraction of sp³-hybridized carbons (Fsp3) is 0.769. The molecule has 108 valence electrons. The maximum atomic E-state index is 11.5. The Labute approximate surface area is 115 Å². The van der Waals surface area contributed by atoms with Gasteiger partial charge in [0.15, 0.2) is 9.84 Å². The molecule has 0 radical (unpaired) electrons. The molecule has 3 atom stereocenters. The van der Waals surface area contributed by atoms with Crippen molar-refractivity contribution in [2.75, 3.05) is 12.8 Å². The summed E-state index contributed by atoms with van der Waals surface area (Å²) in [5.74, 6) is 1.09. The van der Waals surface area contributed by atoms with E-state index in [0.29, 0.717) is 23.3 Å². The Balaban J connectivity index is 2.24. The van der Waals surface area contributed by atoms with Gasteiger partial charge in [0.1, 0.15) is 4.90 Å². The third-order valence-corrected chi connectivity index (χ3v) is 5.36. The second-order valence-corrected chi connectivity index (χ2v) is 7.59. The van der Waals surface area contributed by atoms with Gasteiger partial charge in [-0.2, -0.15) is 5.10 Å². The summed E-state index contributed by atoms with van der Waals surface area (Å²) in [4.78, 5) is 0.293. The number of rotatable bonds is 4. The first-order valence-electron chi connectivity index (χ1n) is 6.90. The fourth-order valence-corrected chi connectivity index (χ4v) is 3.50. The zero-order chi connectivity index (χ0) is 14.0. The molecular formula is C13H23N3O2S. The monoisotopic (exact) mass is 285 g/mol. The summed E-state index contributed by atoms with van der Waals surface area (Å²) in [5.41, 5.74) is 5.85. The molecule has 2 N–H and O–H groups in total. The van der Waals surface area contributed by atoms with E-state index in [4.69, 9.17) is 5.73 Å². The maximum absolute atomic E-state index is 11.5. The molecule has 1 fully saturated rings. The molecule has 1 aromatic heterocycles. The summed E-state index contributed by atoms with van der Waals surface area (Å²) in [6.45, 7) is 2.84. The van der Waals surface area contributed by atoms with E-state index < -0.39 is 9.84 Å². The second kappa shape index (κ2) is 5.63. The summed E-state index contributed by atoms with van der Waals surface area (Å²) < 4.78 is 24.9. The van der Waals surface area contributed by atoms with Gasteiger partial charge in [0.05, 0.1) is 12.2 Å². The minimum atomic E-state index is -3.18. The molecule has 0 aromatic carbocycles. The highest BCUT2D eigenvalue weighted by Crippen LogP contribution is 2.38. The molecule has 5 nitrogen and oxygen atoms in total. The van der Waals surface area contributed by atoms with Gasteiger partial charge in [0.25, 0.3) is 0 Å². The number of aromatic nitrogens is 2. The van der Waals surface area contributed by atoms with Crippen LogP contribution < -0.4 is 5.73 Å². The third kappa shape index (κ3) is 3.17. The molecule has 1 saturated carbocycles. The molecule has 1 aliphatic rings. The summed E-state index contributed by atoms with van der Waals surface area (Å²) >= 11 is 0. The quantitative estimate of drug-likeness (QED) is 0.911. The van der Waals surface area contributed by atoms with E-state index >= 15 is 0 Å². The van der Waals surface area contributed by atoms with Crippen LogP contribution in [0.4, 0.5) is 0 Å². The molecule has 0 aliphatic heterocycles. The zero-order valence-electron chi connectivity index (χ0n) is 11.6. The van der Waals surface area contributed by atoms with Gasteiger partial charge in [0.2, 0.25) is 0 Å². The van der Waals surface area contributed by atoms with Crippen molar-refractivity contribution >= 4 is 9.84 Å². The van der Waals surface area contributed by atoms with Crippen molar-refractivity contribution in [3.63, 3.8) is 0 Å². The average Bonchev–Trinajstić information content (AvgIpc) is 2.87. The molecule has 1 aromatic rings. The van der Waals surface area contributed by atoms with Crippen LogP contribution >= 0.6 is 0 Å². The van der Waals surface area contributed by atoms with Gasteiger partial charge in [0, 0.05) is 12.5 Å². The van der Waals surface area contributed by atoms with Crippen LogP contribution in [0.15, 0.2) is 17.3 Å². The Morgan fingerprint density at radius 1 is 1.47 bits per heavy atom. The largest absolute Gasteiger partial charge is 0.330 e. The van der Waals surface area contributed by atoms with Gasteiger partial charge in [-0.3, -0.25) is 4.68 Å². The van der Waals surface area contributed by atoms with Crippen LogP contribution in [-0.2, 0) is 9.84 Å². The van der Waals surface area contributed by atoms with Crippen LogP contribution in [-0.4, -0.2) is 31.0 Å². The highest BCUT2D eigenvalue weighted by atomic mass is 32.2. The van der Waals surface area contributed by atoms with Crippen molar-refractivity contribution in [1.82, 2.24) is 9.78 Å². The van der Waals surface area contributed by atoms with E-state index in [2.05, 4.69) is 12.0 Å². The Morgan fingerprint density at radius 3 is 2.74 bits per heavy atom. The Hall–Kier alpha value is -0.880. The molecule has 0 saturated heterocycles. The first kappa shape index (κ1) is 14.5. The average molecular weight is 285 g/mol. The minimum Gasteiger partial charge on any atom is -0.330 e. The predicted molar refractivity (Wildman–Crippen MR) is 74.6 cm³/mol.